The maximum absolute atomic E-state index is 12.0. The molecule has 1 aromatic heterocycles. The highest BCUT2D eigenvalue weighted by Crippen LogP contribution is 2.22. The molecule has 0 aliphatic heterocycles. The zero-order valence-electron chi connectivity index (χ0n) is 16.0. The molecule has 2 aromatic carbocycles. The minimum absolute atomic E-state index is 0.287. The lowest BCUT2D eigenvalue weighted by atomic mass is 9.89. The van der Waals surface area contributed by atoms with Crippen LogP contribution in [0.1, 0.15) is 17.5 Å². The minimum Gasteiger partial charge on any atom is -0.262 e. The van der Waals surface area contributed by atoms with E-state index in [0.717, 1.165) is 10.9 Å². The van der Waals surface area contributed by atoms with Gasteiger partial charge in [-0.05, 0) is 63.4 Å². The molecule has 1 atom stereocenters. The Kier molecular flexibility index (Phi) is 5.65. The maximum Gasteiger partial charge on any atom is 0.150 e. The van der Waals surface area contributed by atoms with E-state index in [2.05, 4.69) is 68.4 Å². The van der Waals surface area contributed by atoms with Gasteiger partial charge < -0.3 is 0 Å². The number of nitrogens with zero attached hydrogens (tertiary/aromatic N) is 2. The summed E-state index contributed by atoms with van der Waals surface area (Å²) in [5.41, 5.74) is 2.50. The van der Waals surface area contributed by atoms with Crippen LogP contribution in [0.25, 0.3) is 12.2 Å². The average Bonchev–Trinajstić information content (AvgIpc) is 2.74. The number of rotatable bonds is 1. The molecule has 148 valence electrons. The standard InChI is InChI=1S/C19H17BrO2S.C4H4N2/c1-23(21,22)15-7-3-13-5-8-16-17(19(13)11-15)9-4-12-2-6-14(20)10-18(12)16;1-2-6-4-3-5-1/h2-6,8,10,15H,7,9,11H2,1H3;1-4H. The van der Waals surface area contributed by atoms with Gasteiger partial charge in [0, 0.05) is 35.5 Å². The molecule has 6 heteroatoms. The Hall–Kier alpha value is -2.31. The second kappa shape index (κ2) is 8.20. The van der Waals surface area contributed by atoms with Crippen LogP contribution in [0.2, 0.25) is 0 Å². The second-order valence-electron chi connectivity index (χ2n) is 7.29. The first-order valence-electron chi connectivity index (χ1n) is 9.43. The zero-order valence-corrected chi connectivity index (χ0v) is 18.4. The van der Waals surface area contributed by atoms with E-state index >= 15 is 0 Å². The van der Waals surface area contributed by atoms with E-state index in [1.54, 1.807) is 24.8 Å². The summed E-state index contributed by atoms with van der Waals surface area (Å²) in [6.45, 7) is 0. The van der Waals surface area contributed by atoms with Crippen molar-refractivity contribution in [3.8, 4) is 0 Å². The SMILES string of the molecule is CS(=O)(=O)C1CC=c2ccc3c(c2C1)CC=c1ccc(Br)cc1=3.c1cnccn1. The van der Waals surface area contributed by atoms with E-state index in [1.165, 1.54) is 38.3 Å². The Morgan fingerprint density at radius 3 is 2.24 bits per heavy atom. The van der Waals surface area contributed by atoms with E-state index in [-0.39, 0.29) is 5.25 Å². The Bertz CT molecular complexity index is 1340. The van der Waals surface area contributed by atoms with Crippen LogP contribution in [-0.4, -0.2) is 29.9 Å². The maximum atomic E-state index is 12.0. The van der Waals surface area contributed by atoms with Crippen LogP contribution >= 0.6 is 15.9 Å². The first kappa shape index (κ1) is 20.0. The van der Waals surface area contributed by atoms with Gasteiger partial charge in [-0.3, -0.25) is 9.97 Å². The van der Waals surface area contributed by atoms with Gasteiger partial charge in [-0.25, -0.2) is 8.42 Å². The largest absolute Gasteiger partial charge is 0.262 e. The predicted octanol–water partition coefficient (Wildman–Crippen LogP) is 2.69. The molecule has 2 aliphatic carbocycles. The van der Waals surface area contributed by atoms with Gasteiger partial charge in [0.15, 0.2) is 9.84 Å². The van der Waals surface area contributed by atoms with Crippen LogP contribution < -0.4 is 10.4 Å². The molecule has 0 fully saturated rings. The number of hydrogen-bond donors (Lipinski definition) is 0. The van der Waals surface area contributed by atoms with Crippen LogP contribution in [0.5, 0.6) is 0 Å². The van der Waals surface area contributed by atoms with Crippen molar-refractivity contribution in [2.75, 3.05) is 6.26 Å². The quantitative estimate of drug-likeness (QED) is 0.550. The van der Waals surface area contributed by atoms with Gasteiger partial charge in [0.2, 0.25) is 0 Å². The second-order valence-corrected chi connectivity index (χ2v) is 10.5. The smallest absolute Gasteiger partial charge is 0.150 e. The predicted molar refractivity (Wildman–Crippen MR) is 119 cm³/mol. The molecule has 5 rings (SSSR count). The van der Waals surface area contributed by atoms with E-state index < -0.39 is 9.84 Å². The van der Waals surface area contributed by atoms with Crippen molar-refractivity contribution in [3.63, 3.8) is 0 Å². The van der Waals surface area contributed by atoms with Crippen LogP contribution in [0.4, 0.5) is 0 Å². The minimum atomic E-state index is -3.01. The molecule has 2 aliphatic rings. The molecular weight excluding hydrogens is 448 g/mol. The molecule has 1 unspecified atom stereocenters. The lowest BCUT2D eigenvalue weighted by Gasteiger charge is -2.22. The fourth-order valence-electron chi connectivity index (χ4n) is 3.93. The van der Waals surface area contributed by atoms with Crippen molar-refractivity contribution in [2.45, 2.75) is 24.5 Å². The van der Waals surface area contributed by atoms with Crippen LogP contribution in [0, 0.1) is 10.4 Å². The van der Waals surface area contributed by atoms with E-state index in [1.807, 2.05) is 0 Å². The third kappa shape index (κ3) is 4.33. The van der Waals surface area contributed by atoms with E-state index in [0.29, 0.717) is 12.8 Å². The fourth-order valence-corrected chi connectivity index (χ4v) is 5.21. The van der Waals surface area contributed by atoms with Gasteiger partial charge in [-0.2, -0.15) is 0 Å². The molecule has 0 bridgehead atoms. The third-order valence-electron chi connectivity index (χ3n) is 5.41. The number of aromatic nitrogens is 2. The van der Waals surface area contributed by atoms with Crippen molar-refractivity contribution in [1.82, 2.24) is 9.97 Å². The molecule has 0 radical (unpaired) electrons. The summed E-state index contributed by atoms with van der Waals surface area (Å²) >= 11 is 3.55. The first-order valence-corrected chi connectivity index (χ1v) is 12.2. The topological polar surface area (TPSA) is 59.9 Å². The summed E-state index contributed by atoms with van der Waals surface area (Å²) in [6.07, 6.45) is 14.4. The number of halogens is 1. The first-order chi connectivity index (χ1) is 13.9. The monoisotopic (exact) mass is 468 g/mol. The van der Waals surface area contributed by atoms with Crippen molar-refractivity contribution in [1.29, 1.82) is 0 Å². The lowest BCUT2D eigenvalue weighted by molar-refractivity contribution is 0.583. The van der Waals surface area contributed by atoms with Crippen LogP contribution in [-0.2, 0) is 22.7 Å². The molecule has 0 amide bonds. The highest BCUT2D eigenvalue weighted by Gasteiger charge is 2.25. The summed E-state index contributed by atoms with van der Waals surface area (Å²) in [5.74, 6) is 0. The van der Waals surface area contributed by atoms with Gasteiger partial charge in [0.05, 0.1) is 5.25 Å². The third-order valence-corrected chi connectivity index (χ3v) is 7.48. The molecule has 1 heterocycles. The summed E-state index contributed by atoms with van der Waals surface area (Å²) in [7, 11) is -3.01. The fraction of sp³-hybridized carbons (Fsp3) is 0.217. The average molecular weight is 469 g/mol. The van der Waals surface area contributed by atoms with E-state index in [9.17, 15) is 8.42 Å². The van der Waals surface area contributed by atoms with Crippen molar-refractivity contribution in [3.05, 3.63) is 91.6 Å². The van der Waals surface area contributed by atoms with Crippen LogP contribution in [0.3, 0.4) is 0 Å². The number of hydrogen-bond acceptors (Lipinski definition) is 4. The zero-order chi connectivity index (χ0) is 20.4. The molecule has 0 spiro atoms. The van der Waals surface area contributed by atoms with Crippen LogP contribution in [0.15, 0.2) is 59.6 Å². The van der Waals surface area contributed by atoms with Crippen molar-refractivity contribution < 1.29 is 8.42 Å². The van der Waals surface area contributed by atoms with Gasteiger partial charge in [-0.1, -0.05) is 46.3 Å². The van der Waals surface area contributed by atoms with E-state index in [4.69, 9.17) is 0 Å². The molecule has 0 saturated carbocycles. The molecule has 0 saturated heterocycles. The summed E-state index contributed by atoms with van der Waals surface area (Å²) in [4.78, 5) is 7.44. The Morgan fingerprint density at radius 2 is 1.59 bits per heavy atom. The van der Waals surface area contributed by atoms with Crippen molar-refractivity contribution in [2.24, 2.45) is 0 Å². The molecule has 4 nitrogen and oxygen atoms in total. The highest BCUT2D eigenvalue weighted by atomic mass is 79.9. The van der Waals surface area contributed by atoms with Gasteiger partial charge in [0.25, 0.3) is 0 Å². The number of benzene rings is 2. The number of fused-ring (bicyclic) bond motifs is 4. The van der Waals surface area contributed by atoms with Crippen molar-refractivity contribution >= 4 is 37.9 Å². The molecule has 29 heavy (non-hydrogen) atoms. The number of sulfone groups is 1. The lowest BCUT2D eigenvalue weighted by Crippen LogP contribution is -2.31. The summed E-state index contributed by atoms with van der Waals surface area (Å²) in [5, 5.41) is 4.64. The Morgan fingerprint density at radius 1 is 0.897 bits per heavy atom. The summed E-state index contributed by atoms with van der Waals surface area (Å²) in [6, 6.07) is 10.7. The van der Waals surface area contributed by atoms with Gasteiger partial charge >= 0.3 is 0 Å². The van der Waals surface area contributed by atoms with Gasteiger partial charge in [0.1, 0.15) is 0 Å². The molecule has 0 N–H and O–H groups in total. The molecular formula is C23H21BrN2O2S. The van der Waals surface area contributed by atoms with Gasteiger partial charge in [-0.15, -0.1) is 0 Å². The highest BCUT2D eigenvalue weighted by molar-refractivity contribution is 9.10. The Balaban J connectivity index is 0.000000294. The Labute approximate surface area is 178 Å². The summed E-state index contributed by atoms with van der Waals surface area (Å²) < 4.78 is 25.0. The molecule has 3 aromatic rings. The normalized spacial score (nSPS) is 16.7.